The first-order chi connectivity index (χ1) is 13.6. The van der Waals surface area contributed by atoms with E-state index in [1.165, 1.54) is 31.0 Å². The number of benzene rings is 2. The first-order valence-electron chi connectivity index (χ1n) is 8.20. The molecule has 0 bridgehead atoms. The van der Waals surface area contributed by atoms with Crippen LogP contribution >= 0.6 is 11.8 Å². The molecule has 0 atom stereocenters. The van der Waals surface area contributed by atoms with Gasteiger partial charge in [0.1, 0.15) is 17.4 Å². The summed E-state index contributed by atoms with van der Waals surface area (Å²) in [4.78, 5) is 8.89. The number of halogens is 1. The van der Waals surface area contributed by atoms with Gasteiger partial charge in [0.05, 0.1) is 19.9 Å². The number of nitrogens with one attached hydrogen (secondary N) is 1. The third kappa shape index (κ3) is 4.00. The average Bonchev–Trinajstić information content (AvgIpc) is 2.72. The molecule has 3 aromatic rings. The van der Waals surface area contributed by atoms with Crippen LogP contribution in [0.2, 0.25) is 0 Å². The van der Waals surface area contributed by atoms with Crippen molar-refractivity contribution < 1.29 is 13.9 Å². The van der Waals surface area contributed by atoms with Crippen LogP contribution in [0.5, 0.6) is 11.5 Å². The van der Waals surface area contributed by atoms with Crippen molar-refractivity contribution in [3.63, 3.8) is 0 Å². The first-order valence-corrected chi connectivity index (χ1v) is 9.43. The molecule has 0 saturated carbocycles. The summed E-state index contributed by atoms with van der Waals surface area (Å²) in [7, 11) is 3.09. The standard InChI is InChI=1S/C20H17FN4O2S/c1-26-16-8-7-12(9-17(16)27-2)18-15(11-22)19(25-20(24-18)28-3)23-14-6-4-5-13(21)10-14/h4-10H,1-3H3,(H,23,24,25). The summed E-state index contributed by atoms with van der Waals surface area (Å²) in [6.45, 7) is 0. The Morgan fingerprint density at radius 1 is 1.07 bits per heavy atom. The van der Waals surface area contributed by atoms with E-state index in [0.717, 1.165) is 0 Å². The van der Waals surface area contributed by atoms with Gasteiger partial charge >= 0.3 is 0 Å². The van der Waals surface area contributed by atoms with E-state index in [-0.39, 0.29) is 11.4 Å². The van der Waals surface area contributed by atoms with Crippen LogP contribution in [0.1, 0.15) is 5.56 Å². The number of hydrogen-bond donors (Lipinski definition) is 1. The highest BCUT2D eigenvalue weighted by Gasteiger charge is 2.18. The highest BCUT2D eigenvalue weighted by molar-refractivity contribution is 7.98. The second kappa shape index (κ2) is 8.59. The van der Waals surface area contributed by atoms with Gasteiger partial charge in [0, 0.05) is 11.3 Å². The molecule has 0 unspecified atom stereocenters. The highest BCUT2D eigenvalue weighted by Crippen LogP contribution is 2.35. The Kier molecular flexibility index (Phi) is 5.96. The van der Waals surface area contributed by atoms with Crippen molar-refractivity contribution >= 4 is 23.3 Å². The third-order valence-corrected chi connectivity index (χ3v) is 4.47. The van der Waals surface area contributed by atoms with Gasteiger partial charge in [-0.2, -0.15) is 5.26 Å². The number of ether oxygens (including phenoxy) is 2. The van der Waals surface area contributed by atoms with Crippen molar-refractivity contribution in [1.82, 2.24) is 9.97 Å². The fourth-order valence-electron chi connectivity index (χ4n) is 2.62. The SMILES string of the molecule is COc1ccc(-c2nc(SC)nc(Nc3cccc(F)c3)c2C#N)cc1OC. The topological polar surface area (TPSA) is 80.1 Å². The third-order valence-electron chi connectivity index (χ3n) is 3.93. The molecule has 0 aliphatic rings. The molecular formula is C20H17FN4O2S. The molecule has 0 aliphatic heterocycles. The fraction of sp³-hybridized carbons (Fsp3) is 0.150. The van der Waals surface area contributed by atoms with Gasteiger partial charge < -0.3 is 14.8 Å². The van der Waals surface area contributed by atoms with Gasteiger partial charge in [-0.05, 0) is 42.7 Å². The number of aromatic nitrogens is 2. The number of thioether (sulfide) groups is 1. The minimum absolute atomic E-state index is 0.245. The molecule has 0 radical (unpaired) electrons. The van der Waals surface area contributed by atoms with Crippen LogP contribution in [0.25, 0.3) is 11.3 Å². The second-order valence-electron chi connectivity index (χ2n) is 5.60. The molecule has 3 rings (SSSR count). The van der Waals surface area contributed by atoms with Crippen LogP contribution in [-0.2, 0) is 0 Å². The second-order valence-corrected chi connectivity index (χ2v) is 6.37. The maximum absolute atomic E-state index is 13.5. The average molecular weight is 396 g/mol. The van der Waals surface area contributed by atoms with Gasteiger partial charge in [-0.3, -0.25) is 0 Å². The number of rotatable bonds is 6. The molecule has 28 heavy (non-hydrogen) atoms. The van der Waals surface area contributed by atoms with E-state index < -0.39 is 0 Å². The van der Waals surface area contributed by atoms with E-state index in [1.807, 2.05) is 6.26 Å². The van der Waals surface area contributed by atoms with Crippen LogP contribution in [-0.4, -0.2) is 30.4 Å². The van der Waals surface area contributed by atoms with Crippen molar-refractivity contribution in [2.45, 2.75) is 5.16 Å². The van der Waals surface area contributed by atoms with Crippen molar-refractivity contribution in [3.05, 3.63) is 53.8 Å². The smallest absolute Gasteiger partial charge is 0.189 e. The van der Waals surface area contributed by atoms with E-state index in [0.29, 0.717) is 39.4 Å². The minimum Gasteiger partial charge on any atom is -0.493 e. The normalized spacial score (nSPS) is 10.2. The zero-order valence-electron chi connectivity index (χ0n) is 15.5. The van der Waals surface area contributed by atoms with Crippen LogP contribution < -0.4 is 14.8 Å². The predicted molar refractivity (Wildman–Crippen MR) is 107 cm³/mol. The zero-order chi connectivity index (χ0) is 20.1. The summed E-state index contributed by atoms with van der Waals surface area (Å²) in [6.07, 6.45) is 1.84. The van der Waals surface area contributed by atoms with Crippen molar-refractivity contribution in [3.8, 4) is 28.8 Å². The van der Waals surface area contributed by atoms with Crippen molar-refractivity contribution in [2.75, 3.05) is 25.8 Å². The maximum atomic E-state index is 13.5. The lowest BCUT2D eigenvalue weighted by Crippen LogP contribution is -2.03. The molecular weight excluding hydrogens is 379 g/mol. The van der Waals surface area contributed by atoms with E-state index in [4.69, 9.17) is 9.47 Å². The van der Waals surface area contributed by atoms with Gasteiger partial charge in [0.25, 0.3) is 0 Å². The molecule has 1 heterocycles. The van der Waals surface area contributed by atoms with E-state index in [1.54, 1.807) is 37.4 Å². The number of methoxy groups -OCH3 is 2. The summed E-state index contributed by atoms with van der Waals surface area (Å²) < 4.78 is 24.2. The van der Waals surface area contributed by atoms with Crippen LogP contribution in [0.3, 0.4) is 0 Å². The van der Waals surface area contributed by atoms with Crippen LogP contribution in [0.4, 0.5) is 15.9 Å². The number of anilines is 2. The number of hydrogen-bond acceptors (Lipinski definition) is 7. The summed E-state index contributed by atoms with van der Waals surface area (Å²) in [6, 6.07) is 13.4. The maximum Gasteiger partial charge on any atom is 0.189 e. The summed E-state index contributed by atoms with van der Waals surface area (Å²) in [5.41, 5.74) is 1.85. The Hall–Kier alpha value is -3.31. The lowest BCUT2D eigenvalue weighted by Gasteiger charge is -2.14. The Morgan fingerprint density at radius 3 is 2.50 bits per heavy atom. The molecule has 0 amide bonds. The summed E-state index contributed by atoms with van der Waals surface area (Å²) >= 11 is 1.34. The largest absolute Gasteiger partial charge is 0.493 e. The Morgan fingerprint density at radius 2 is 1.86 bits per heavy atom. The minimum atomic E-state index is -0.386. The van der Waals surface area contributed by atoms with Crippen LogP contribution in [0.15, 0.2) is 47.6 Å². The predicted octanol–water partition coefficient (Wildman–Crippen LogP) is 4.64. The fourth-order valence-corrected chi connectivity index (χ4v) is 2.99. The Labute approximate surface area is 166 Å². The number of nitriles is 1. The molecule has 0 fully saturated rings. The lowest BCUT2D eigenvalue weighted by molar-refractivity contribution is 0.355. The summed E-state index contributed by atoms with van der Waals surface area (Å²) in [5.74, 6) is 1.01. The lowest BCUT2D eigenvalue weighted by atomic mass is 10.1. The zero-order valence-corrected chi connectivity index (χ0v) is 16.3. The van der Waals surface area contributed by atoms with Gasteiger partial charge in [-0.25, -0.2) is 14.4 Å². The quantitative estimate of drug-likeness (QED) is 0.480. The van der Waals surface area contributed by atoms with E-state index in [9.17, 15) is 9.65 Å². The molecule has 2 aromatic carbocycles. The molecule has 6 nitrogen and oxygen atoms in total. The molecule has 0 aliphatic carbocycles. The van der Waals surface area contributed by atoms with Crippen LogP contribution in [0, 0.1) is 17.1 Å². The van der Waals surface area contributed by atoms with E-state index in [2.05, 4.69) is 21.4 Å². The van der Waals surface area contributed by atoms with E-state index >= 15 is 0 Å². The molecule has 8 heteroatoms. The molecule has 142 valence electrons. The van der Waals surface area contributed by atoms with Crippen molar-refractivity contribution in [2.24, 2.45) is 0 Å². The van der Waals surface area contributed by atoms with Gasteiger partial charge in [0.15, 0.2) is 22.5 Å². The Bertz CT molecular complexity index is 1050. The molecule has 0 spiro atoms. The molecule has 0 saturated heterocycles. The summed E-state index contributed by atoms with van der Waals surface area (Å²) in [5, 5.41) is 13.3. The van der Waals surface area contributed by atoms with Gasteiger partial charge in [-0.1, -0.05) is 17.8 Å². The number of nitrogens with zero attached hydrogens (tertiary/aromatic N) is 3. The monoisotopic (exact) mass is 396 g/mol. The van der Waals surface area contributed by atoms with Crippen molar-refractivity contribution in [1.29, 1.82) is 5.26 Å². The first kappa shape index (κ1) is 19.5. The molecule has 1 aromatic heterocycles. The highest BCUT2D eigenvalue weighted by atomic mass is 32.2. The van der Waals surface area contributed by atoms with Gasteiger partial charge in [0.2, 0.25) is 0 Å². The Balaban J connectivity index is 2.15. The van der Waals surface area contributed by atoms with Gasteiger partial charge in [-0.15, -0.1) is 0 Å². The molecule has 1 N–H and O–H groups in total.